The molecule has 1 N–H and O–H groups in total. The van der Waals surface area contributed by atoms with Crippen LogP contribution in [0.1, 0.15) is 18.4 Å². The van der Waals surface area contributed by atoms with E-state index < -0.39 is 0 Å². The maximum absolute atomic E-state index is 12.4. The van der Waals surface area contributed by atoms with Crippen LogP contribution in [-0.4, -0.2) is 67.2 Å². The van der Waals surface area contributed by atoms with E-state index in [1.165, 1.54) is 0 Å². The average molecular weight is 440 g/mol. The number of hydrogen-bond acceptors (Lipinski definition) is 6. The normalized spacial score (nSPS) is 17.3. The van der Waals surface area contributed by atoms with Crippen LogP contribution in [0.5, 0.6) is 0 Å². The summed E-state index contributed by atoms with van der Waals surface area (Å²) in [5.41, 5.74) is 1.87. The van der Waals surface area contributed by atoms with Gasteiger partial charge in [0, 0.05) is 50.2 Å². The van der Waals surface area contributed by atoms with Gasteiger partial charge in [-0.25, -0.2) is 4.98 Å². The summed E-state index contributed by atoms with van der Waals surface area (Å²) in [6, 6.07) is 11.9. The first-order valence-corrected chi connectivity index (χ1v) is 11.8. The van der Waals surface area contributed by atoms with Crippen LogP contribution in [0, 0.1) is 0 Å². The van der Waals surface area contributed by atoms with Crippen molar-refractivity contribution in [2.75, 3.05) is 55.3 Å². The Balaban J connectivity index is 1.26. The lowest BCUT2D eigenvalue weighted by Gasteiger charge is -2.28. The van der Waals surface area contributed by atoms with Crippen LogP contribution >= 0.6 is 11.8 Å². The number of nitrogens with one attached hydrogen (secondary N) is 1. The molecular formula is C23H29N5O2S. The van der Waals surface area contributed by atoms with Gasteiger partial charge < -0.3 is 20.0 Å². The number of carbonyl (C=O) groups is 2. The minimum atomic E-state index is -0.0665. The van der Waals surface area contributed by atoms with Gasteiger partial charge in [-0.3, -0.25) is 9.59 Å². The molecule has 1 fully saturated rings. The number of benzene rings is 1. The summed E-state index contributed by atoms with van der Waals surface area (Å²) in [5, 5.41) is 2.95. The minimum absolute atomic E-state index is 0.0518. The van der Waals surface area contributed by atoms with E-state index in [-0.39, 0.29) is 18.2 Å². The third kappa shape index (κ3) is 5.57. The highest BCUT2D eigenvalue weighted by atomic mass is 32.2. The first-order chi connectivity index (χ1) is 15.1. The van der Waals surface area contributed by atoms with Gasteiger partial charge in [0.15, 0.2) is 0 Å². The number of likely N-dealkylation sites (N-methyl/N-ethyl adjacent to an activating group) is 1. The van der Waals surface area contributed by atoms with Crippen molar-refractivity contribution in [3.05, 3.63) is 48.2 Å². The third-order valence-corrected chi connectivity index (χ3v) is 6.76. The Morgan fingerprint density at radius 1 is 1.13 bits per heavy atom. The molecule has 1 saturated heterocycles. The molecule has 4 rings (SSSR count). The van der Waals surface area contributed by atoms with E-state index in [1.54, 1.807) is 16.7 Å². The molecule has 2 aliphatic heterocycles. The maximum Gasteiger partial charge on any atom is 0.237 e. The Morgan fingerprint density at radius 2 is 2.00 bits per heavy atom. The number of pyridine rings is 1. The number of thioether (sulfide) groups is 1. The number of hydrogen-bond donors (Lipinski definition) is 1. The topological polar surface area (TPSA) is 68.8 Å². The first kappa shape index (κ1) is 21.6. The Kier molecular flexibility index (Phi) is 7.09. The molecule has 1 aromatic heterocycles. The van der Waals surface area contributed by atoms with E-state index in [9.17, 15) is 9.59 Å². The zero-order valence-electron chi connectivity index (χ0n) is 17.9. The van der Waals surface area contributed by atoms with Crippen molar-refractivity contribution in [3.8, 4) is 0 Å². The molecule has 3 heterocycles. The highest BCUT2D eigenvalue weighted by molar-refractivity contribution is 8.00. The SMILES string of the molecule is CN1CCCN(c2ccc(CNC(=O)CCN3C(=O)CSc4ccccc43)cn2)CC1. The minimum Gasteiger partial charge on any atom is -0.355 e. The molecule has 2 aliphatic rings. The predicted octanol–water partition coefficient (Wildman–Crippen LogP) is 2.37. The van der Waals surface area contributed by atoms with Crippen molar-refractivity contribution in [1.29, 1.82) is 0 Å². The molecule has 0 spiro atoms. The molecule has 7 nitrogen and oxygen atoms in total. The molecule has 1 aromatic carbocycles. The molecule has 0 atom stereocenters. The standard InChI is InChI=1S/C23H29N5O2S/c1-26-10-4-11-27(14-13-26)21-8-7-18(15-24-21)16-25-22(29)9-12-28-19-5-2-3-6-20(19)31-17-23(28)30/h2-3,5-8,15H,4,9-14,16-17H2,1H3,(H,25,29). The summed E-state index contributed by atoms with van der Waals surface area (Å²) in [5.74, 6) is 1.40. The van der Waals surface area contributed by atoms with Crippen LogP contribution in [0.2, 0.25) is 0 Å². The van der Waals surface area contributed by atoms with Crippen molar-refractivity contribution >= 4 is 35.1 Å². The summed E-state index contributed by atoms with van der Waals surface area (Å²) >= 11 is 1.55. The Hall–Kier alpha value is -2.58. The van der Waals surface area contributed by atoms with E-state index in [0.29, 0.717) is 18.8 Å². The molecule has 164 valence electrons. The van der Waals surface area contributed by atoms with E-state index in [0.717, 1.165) is 54.6 Å². The lowest BCUT2D eigenvalue weighted by atomic mass is 10.2. The van der Waals surface area contributed by atoms with Crippen LogP contribution in [0.4, 0.5) is 11.5 Å². The fraction of sp³-hybridized carbons (Fsp3) is 0.435. The molecule has 2 amide bonds. The third-order valence-electron chi connectivity index (χ3n) is 5.71. The fourth-order valence-electron chi connectivity index (χ4n) is 3.89. The molecule has 0 aliphatic carbocycles. The van der Waals surface area contributed by atoms with Crippen molar-refractivity contribution in [2.24, 2.45) is 0 Å². The van der Waals surface area contributed by atoms with Crippen molar-refractivity contribution in [2.45, 2.75) is 24.3 Å². The zero-order chi connectivity index (χ0) is 21.6. The maximum atomic E-state index is 12.4. The van der Waals surface area contributed by atoms with Crippen molar-refractivity contribution < 1.29 is 9.59 Å². The number of amides is 2. The summed E-state index contributed by atoms with van der Waals surface area (Å²) in [6.45, 7) is 5.00. The molecule has 0 saturated carbocycles. The number of nitrogens with zero attached hydrogens (tertiary/aromatic N) is 4. The van der Waals surface area contributed by atoms with Crippen LogP contribution in [0.15, 0.2) is 47.5 Å². The fourth-order valence-corrected chi connectivity index (χ4v) is 4.82. The number of anilines is 2. The van der Waals surface area contributed by atoms with Gasteiger partial charge in [0.25, 0.3) is 0 Å². The number of aromatic nitrogens is 1. The van der Waals surface area contributed by atoms with Crippen molar-refractivity contribution in [1.82, 2.24) is 15.2 Å². The van der Waals surface area contributed by atoms with E-state index in [4.69, 9.17) is 0 Å². The number of rotatable bonds is 6. The second-order valence-electron chi connectivity index (χ2n) is 8.00. The number of para-hydroxylation sites is 1. The van der Waals surface area contributed by atoms with Gasteiger partial charge in [-0.1, -0.05) is 18.2 Å². The summed E-state index contributed by atoms with van der Waals surface area (Å²) in [4.78, 5) is 36.8. The smallest absolute Gasteiger partial charge is 0.237 e. The van der Waals surface area contributed by atoms with Gasteiger partial charge in [0.1, 0.15) is 5.82 Å². The van der Waals surface area contributed by atoms with Gasteiger partial charge in [-0.2, -0.15) is 0 Å². The zero-order valence-corrected chi connectivity index (χ0v) is 18.7. The Morgan fingerprint density at radius 3 is 2.84 bits per heavy atom. The average Bonchev–Trinajstić information content (AvgIpc) is 3.02. The largest absolute Gasteiger partial charge is 0.355 e. The van der Waals surface area contributed by atoms with Crippen molar-refractivity contribution in [3.63, 3.8) is 0 Å². The van der Waals surface area contributed by atoms with E-state index >= 15 is 0 Å². The monoisotopic (exact) mass is 439 g/mol. The van der Waals surface area contributed by atoms with Gasteiger partial charge in [0.05, 0.1) is 11.4 Å². The van der Waals surface area contributed by atoms with Gasteiger partial charge in [0.2, 0.25) is 11.8 Å². The Labute approximate surface area is 187 Å². The molecule has 0 radical (unpaired) electrons. The first-order valence-electron chi connectivity index (χ1n) is 10.8. The molecule has 0 unspecified atom stereocenters. The Bertz CT molecular complexity index is 920. The summed E-state index contributed by atoms with van der Waals surface area (Å²) in [7, 11) is 2.15. The number of fused-ring (bicyclic) bond motifs is 1. The van der Waals surface area contributed by atoms with Crippen LogP contribution in [0.3, 0.4) is 0 Å². The lowest BCUT2D eigenvalue weighted by molar-refractivity contribution is -0.121. The second-order valence-corrected chi connectivity index (χ2v) is 9.01. The summed E-state index contributed by atoms with van der Waals surface area (Å²) < 4.78 is 0. The quantitative estimate of drug-likeness (QED) is 0.745. The highest BCUT2D eigenvalue weighted by Crippen LogP contribution is 2.34. The van der Waals surface area contributed by atoms with Crippen LogP contribution in [-0.2, 0) is 16.1 Å². The summed E-state index contributed by atoms with van der Waals surface area (Å²) in [6.07, 6.45) is 3.25. The molecule has 8 heteroatoms. The van der Waals surface area contributed by atoms with E-state index in [2.05, 4.69) is 27.1 Å². The molecular weight excluding hydrogens is 410 g/mol. The van der Waals surface area contributed by atoms with Crippen LogP contribution in [0.25, 0.3) is 0 Å². The predicted molar refractivity (Wildman–Crippen MR) is 125 cm³/mol. The second kappa shape index (κ2) is 10.2. The van der Waals surface area contributed by atoms with Gasteiger partial charge >= 0.3 is 0 Å². The number of carbonyl (C=O) groups excluding carboxylic acids is 2. The molecule has 31 heavy (non-hydrogen) atoms. The van der Waals surface area contributed by atoms with Gasteiger partial charge in [-0.05, 0) is 43.8 Å². The van der Waals surface area contributed by atoms with Crippen LogP contribution < -0.4 is 15.1 Å². The highest BCUT2D eigenvalue weighted by Gasteiger charge is 2.24. The van der Waals surface area contributed by atoms with E-state index in [1.807, 2.05) is 42.6 Å². The lowest BCUT2D eigenvalue weighted by Crippen LogP contribution is -2.38. The van der Waals surface area contributed by atoms with Gasteiger partial charge in [-0.15, -0.1) is 11.8 Å². The molecule has 0 bridgehead atoms. The molecule has 2 aromatic rings.